The van der Waals surface area contributed by atoms with Crippen molar-refractivity contribution in [1.82, 2.24) is 4.90 Å². The summed E-state index contributed by atoms with van der Waals surface area (Å²) in [5, 5.41) is 8.73. The van der Waals surface area contributed by atoms with Crippen LogP contribution in [0, 0.1) is 0 Å². The van der Waals surface area contributed by atoms with Crippen LogP contribution < -0.4 is 0 Å². The summed E-state index contributed by atoms with van der Waals surface area (Å²) in [7, 11) is 0. The summed E-state index contributed by atoms with van der Waals surface area (Å²) in [6.45, 7) is 11.9. The molecular formula is C20H39NO2. The Bertz CT molecular complexity index is 294. The molecule has 0 amide bonds. The summed E-state index contributed by atoms with van der Waals surface area (Å²) in [6, 6.07) is 0. The lowest BCUT2D eigenvalue weighted by atomic mass is 10.1. The van der Waals surface area contributed by atoms with Gasteiger partial charge in [0, 0.05) is 5.57 Å². The number of carboxylic acids is 1. The van der Waals surface area contributed by atoms with Gasteiger partial charge in [0.1, 0.15) is 0 Å². The summed E-state index contributed by atoms with van der Waals surface area (Å²) in [6.07, 6.45) is 14.4. The lowest BCUT2D eigenvalue weighted by Gasteiger charge is -2.21. The average molecular weight is 326 g/mol. The van der Waals surface area contributed by atoms with Gasteiger partial charge in [-0.15, -0.1) is 0 Å². The smallest absolute Gasteiger partial charge is 0.330 e. The maximum absolute atomic E-state index is 10.6. The monoisotopic (exact) mass is 325 g/mol. The zero-order valence-electron chi connectivity index (χ0n) is 15.6. The Morgan fingerprint density at radius 2 is 1.22 bits per heavy atom. The molecule has 0 atom stereocenters. The SMILES string of the molecule is C=C(CCCCCCCCCN(CCCC)CCCC)C(=O)O. The van der Waals surface area contributed by atoms with Crippen molar-refractivity contribution >= 4 is 5.97 Å². The molecular weight excluding hydrogens is 286 g/mol. The summed E-state index contributed by atoms with van der Waals surface area (Å²) < 4.78 is 0. The molecule has 0 saturated carbocycles. The molecule has 0 radical (unpaired) electrons. The number of hydrogen-bond donors (Lipinski definition) is 1. The maximum atomic E-state index is 10.6. The molecule has 0 aliphatic heterocycles. The third-order valence-corrected chi connectivity index (χ3v) is 4.41. The van der Waals surface area contributed by atoms with E-state index in [-0.39, 0.29) is 0 Å². The van der Waals surface area contributed by atoms with Crippen LogP contribution in [0.2, 0.25) is 0 Å². The average Bonchev–Trinajstić information content (AvgIpc) is 2.54. The van der Waals surface area contributed by atoms with Gasteiger partial charge in [-0.25, -0.2) is 4.79 Å². The molecule has 0 aromatic carbocycles. The zero-order chi connectivity index (χ0) is 17.3. The molecule has 0 saturated heterocycles. The van der Waals surface area contributed by atoms with Crippen LogP contribution in [0.1, 0.15) is 90.9 Å². The molecule has 0 aromatic heterocycles. The number of rotatable bonds is 17. The van der Waals surface area contributed by atoms with Crippen molar-refractivity contribution in [3.8, 4) is 0 Å². The standard InChI is InChI=1S/C20H39NO2/c1-4-6-16-21(17-7-5-2)18-14-12-10-8-9-11-13-15-19(3)20(22)23/h3-18H2,1-2H3,(H,22,23). The second kappa shape index (κ2) is 16.0. The fraction of sp³-hybridized carbons (Fsp3) is 0.850. The maximum Gasteiger partial charge on any atom is 0.330 e. The highest BCUT2D eigenvalue weighted by molar-refractivity contribution is 5.85. The molecule has 0 spiro atoms. The van der Waals surface area contributed by atoms with Crippen molar-refractivity contribution in [3.63, 3.8) is 0 Å². The normalized spacial score (nSPS) is 11.1. The highest BCUT2D eigenvalue weighted by atomic mass is 16.4. The van der Waals surface area contributed by atoms with Crippen molar-refractivity contribution in [2.45, 2.75) is 90.9 Å². The van der Waals surface area contributed by atoms with Gasteiger partial charge < -0.3 is 10.0 Å². The van der Waals surface area contributed by atoms with Crippen LogP contribution in [0.5, 0.6) is 0 Å². The molecule has 136 valence electrons. The molecule has 0 unspecified atom stereocenters. The second-order valence-electron chi connectivity index (χ2n) is 6.68. The van der Waals surface area contributed by atoms with Gasteiger partial charge in [-0.3, -0.25) is 0 Å². The molecule has 23 heavy (non-hydrogen) atoms. The van der Waals surface area contributed by atoms with Gasteiger partial charge in [-0.05, 0) is 51.7 Å². The lowest BCUT2D eigenvalue weighted by molar-refractivity contribution is -0.132. The van der Waals surface area contributed by atoms with Crippen LogP contribution in [0.15, 0.2) is 12.2 Å². The predicted molar refractivity (Wildman–Crippen MR) is 100.0 cm³/mol. The molecule has 3 nitrogen and oxygen atoms in total. The van der Waals surface area contributed by atoms with Crippen molar-refractivity contribution in [2.75, 3.05) is 19.6 Å². The van der Waals surface area contributed by atoms with E-state index in [1.807, 2.05) is 0 Å². The highest BCUT2D eigenvalue weighted by Gasteiger charge is 2.04. The van der Waals surface area contributed by atoms with Crippen molar-refractivity contribution in [1.29, 1.82) is 0 Å². The van der Waals surface area contributed by atoms with E-state index >= 15 is 0 Å². The molecule has 0 aliphatic rings. The first-order valence-corrected chi connectivity index (χ1v) is 9.75. The quantitative estimate of drug-likeness (QED) is 0.277. The first-order valence-electron chi connectivity index (χ1n) is 9.75. The van der Waals surface area contributed by atoms with E-state index in [1.165, 1.54) is 77.4 Å². The Balaban J connectivity index is 3.47. The van der Waals surface area contributed by atoms with E-state index in [0.717, 1.165) is 12.8 Å². The third kappa shape index (κ3) is 14.5. The van der Waals surface area contributed by atoms with Crippen molar-refractivity contribution in [3.05, 3.63) is 12.2 Å². The summed E-state index contributed by atoms with van der Waals surface area (Å²) >= 11 is 0. The number of carbonyl (C=O) groups is 1. The molecule has 0 aliphatic carbocycles. The van der Waals surface area contributed by atoms with Crippen LogP contribution in [-0.4, -0.2) is 35.6 Å². The molecule has 0 fully saturated rings. The van der Waals surface area contributed by atoms with E-state index in [2.05, 4.69) is 25.3 Å². The Kier molecular flexibility index (Phi) is 15.5. The lowest BCUT2D eigenvalue weighted by Crippen LogP contribution is -2.27. The second-order valence-corrected chi connectivity index (χ2v) is 6.68. The van der Waals surface area contributed by atoms with E-state index < -0.39 is 5.97 Å². The highest BCUT2D eigenvalue weighted by Crippen LogP contribution is 2.12. The Morgan fingerprint density at radius 1 is 0.783 bits per heavy atom. The van der Waals surface area contributed by atoms with Crippen molar-refractivity contribution < 1.29 is 9.90 Å². The first-order chi connectivity index (χ1) is 11.1. The van der Waals surface area contributed by atoms with E-state index in [4.69, 9.17) is 5.11 Å². The zero-order valence-corrected chi connectivity index (χ0v) is 15.6. The Labute approximate surface area is 144 Å². The Morgan fingerprint density at radius 3 is 1.70 bits per heavy atom. The van der Waals surface area contributed by atoms with Gasteiger partial charge in [-0.1, -0.05) is 65.4 Å². The molecule has 3 heteroatoms. The fourth-order valence-corrected chi connectivity index (χ4v) is 2.76. The van der Waals surface area contributed by atoms with Crippen LogP contribution in [0.25, 0.3) is 0 Å². The summed E-state index contributed by atoms with van der Waals surface area (Å²) in [4.78, 5) is 13.3. The topological polar surface area (TPSA) is 40.5 Å². The van der Waals surface area contributed by atoms with Gasteiger partial charge in [0.15, 0.2) is 0 Å². The molecule has 0 rings (SSSR count). The predicted octanol–water partition coefficient (Wildman–Crippen LogP) is 5.65. The van der Waals surface area contributed by atoms with E-state index in [1.54, 1.807) is 0 Å². The number of nitrogens with zero attached hydrogens (tertiary/aromatic N) is 1. The van der Waals surface area contributed by atoms with Gasteiger partial charge in [0.25, 0.3) is 0 Å². The van der Waals surface area contributed by atoms with Gasteiger partial charge in [0.2, 0.25) is 0 Å². The molecule has 0 aromatic rings. The van der Waals surface area contributed by atoms with Crippen molar-refractivity contribution in [2.24, 2.45) is 0 Å². The molecule has 0 bridgehead atoms. The van der Waals surface area contributed by atoms with E-state index in [0.29, 0.717) is 12.0 Å². The summed E-state index contributed by atoms with van der Waals surface area (Å²) in [5.74, 6) is -0.847. The third-order valence-electron chi connectivity index (χ3n) is 4.41. The van der Waals surface area contributed by atoms with Crippen LogP contribution in [0.3, 0.4) is 0 Å². The van der Waals surface area contributed by atoms with Crippen LogP contribution in [0.4, 0.5) is 0 Å². The molecule has 1 N–H and O–H groups in total. The van der Waals surface area contributed by atoms with Gasteiger partial charge in [-0.2, -0.15) is 0 Å². The van der Waals surface area contributed by atoms with Gasteiger partial charge in [0.05, 0.1) is 0 Å². The number of unbranched alkanes of at least 4 members (excludes halogenated alkanes) is 8. The van der Waals surface area contributed by atoms with E-state index in [9.17, 15) is 4.79 Å². The number of aliphatic carboxylic acids is 1. The minimum absolute atomic E-state index is 0.351. The fourth-order valence-electron chi connectivity index (χ4n) is 2.76. The van der Waals surface area contributed by atoms with Gasteiger partial charge >= 0.3 is 5.97 Å². The largest absolute Gasteiger partial charge is 0.478 e. The minimum Gasteiger partial charge on any atom is -0.478 e. The number of carboxylic acid groups (broad SMARTS) is 1. The first kappa shape index (κ1) is 22.2. The molecule has 0 heterocycles. The van der Waals surface area contributed by atoms with Crippen LogP contribution in [-0.2, 0) is 4.79 Å². The number of hydrogen-bond acceptors (Lipinski definition) is 2. The summed E-state index contributed by atoms with van der Waals surface area (Å²) in [5.41, 5.74) is 0.351. The van der Waals surface area contributed by atoms with Crippen LogP contribution >= 0.6 is 0 Å². The Hall–Kier alpha value is -0.830. The minimum atomic E-state index is -0.847.